The summed E-state index contributed by atoms with van der Waals surface area (Å²) in [5.74, 6) is 8.30. The lowest BCUT2D eigenvalue weighted by atomic mass is 9.89. The molecule has 1 nitrogen and oxygen atoms in total. The highest BCUT2D eigenvalue weighted by Crippen LogP contribution is 2.26. The maximum absolute atomic E-state index is 10.9. The molecule has 0 aliphatic heterocycles. The second kappa shape index (κ2) is 8.17. The fraction of sp³-hybridized carbons (Fsp3) is 0.500. The minimum atomic E-state index is 0.164. The van der Waals surface area contributed by atoms with Crippen molar-refractivity contribution in [1.82, 2.24) is 0 Å². The molecule has 0 saturated carbocycles. The summed E-state index contributed by atoms with van der Waals surface area (Å²) < 4.78 is 0. The highest BCUT2D eigenvalue weighted by atomic mass is 32.2. The molecule has 0 radical (unpaired) electrons. The first-order valence-electron chi connectivity index (χ1n) is 7.18. The molecule has 0 unspecified atom stereocenters. The molecule has 1 aromatic carbocycles. The van der Waals surface area contributed by atoms with Gasteiger partial charge in [0.15, 0.2) is 5.12 Å². The van der Waals surface area contributed by atoms with Gasteiger partial charge in [0.25, 0.3) is 0 Å². The van der Waals surface area contributed by atoms with E-state index < -0.39 is 0 Å². The topological polar surface area (TPSA) is 17.1 Å². The van der Waals surface area contributed by atoms with E-state index in [9.17, 15) is 4.79 Å². The summed E-state index contributed by atoms with van der Waals surface area (Å²) in [5, 5.41) is 0.164. The lowest BCUT2D eigenvalue weighted by molar-refractivity contribution is -0.109. The normalized spacial score (nSPS) is 10.6. The smallest absolute Gasteiger partial charge is 0.185 e. The van der Waals surface area contributed by atoms with Crippen LogP contribution in [0.1, 0.15) is 69.6 Å². The molecule has 0 bridgehead atoms. The summed E-state index contributed by atoms with van der Waals surface area (Å²) in [6, 6.07) is 6.47. The lowest BCUT2D eigenvalue weighted by Gasteiger charge is -2.15. The molecule has 1 aromatic rings. The van der Waals surface area contributed by atoms with Gasteiger partial charge in [-0.3, -0.25) is 4.79 Å². The van der Waals surface area contributed by atoms with E-state index in [-0.39, 0.29) is 5.12 Å². The van der Waals surface area contributed by atoms with E-state index >= 15 is 0 Å². The van der Waals surface area contributed by atoms with Crippen LogP contribution < -0.4 is 0 Å². The molecule has 1 rings (SSSR count). The van der Waals surface area contributed by atoms with E-state index in [2.05, 4.69) is 57.7 Å². The van der Waals surface area contributed by atoms with Crippen LogP contribution in [0.15, 0.2) is 18.2 Å². The van der Waals surface area contributed by atoms with Gasteiger partial charge in [0, 0.05) is 24.7 Å². The highest BCUT2D eigenvalue weighted by Gasteiger charge is 2.11. The third-order valence-electron chi connectivity index (χ3n) is 3.12. The van der Waals surface area contributed by atoms with Gasteiger partial charge < -0.3 is 0 Å². The Bertz CT molecular complexity index is 492. The largest absolute Gasteiger partial charge is 0.288 e. The van der Waals surface area contributed by atoms with Crippen molar-refractivity contribution in [2.24, 2.45) is 0 Å². The molecule has 0 N–H and O–H groups in total. The standard InChI is InChI=1S/C18H24OS/c1-13(2)16-10-8-11-17(14(3)4)18(16)9-6-7-12-20-15(5)19/h8,10-11,13-14H,7,12H2,1-5H3. The number of rotatable bonds is 4. The quantitative estimate of drug-likeness (QED) is 0.575. The van der Waals surface area contributed by atoms with Crippen LogP contribution in [0.25, 0.3) is 0 Å². The van der Waals surface area contributed by atoms with E-state index in [1.807, 2.05) is 0 Å². The van der Waals surface area contributed by atoms with Gasteiger partial charge in [-0.25, -0.2) is 0 Å². The van der Waals surface area contributed by atoms with Crippen LogP contribution in [0.3, 0.4) is 0 Å². The molecule has 0 spiro atoms. The van der Waals surface area contributed by atoms with Gasteiger partial charge in [0.05, 0.1) is 0 Å². The minimum Gasteiger partial charge on any atom is -0.288 e. The molecular formula is C18H24OS. The Hall–Kier alpha value is -1.20. The van der Waals surface area contributed by atoms with E-state index in [1.165, 1.54) is 28.5 Å². The van der Waals surface area contributed by atoms with Crippen LogP contribution in [-0.2, 0) is 4.79 Å². The van der Waals surface area contributed by atoms with Crippen molar-refractivity contribution in [1.29, 1.82) is 0 Å². The van der Waals surface area contributed by atoms with Crippen LogP contribution in [0.5, 0.6) is 0 Å². The zero-order valence-electron chi connectivity index (χ0n) is 13.1. The van der Waals surface area contributed by atoms with Gasteiger partial charge in [0.2, 0.25) is 0 Å². The van der Waals surface area contributed by atoms with Crippen molar-refractivity contribution in [3.8, 4) is 11.8 Å². The Kier molecular flexibility index (Phi) is 6.88. The molecule has 108 valence electrons. The van der Waals surface area contributed by atoms with E-state index in [4.69, 9.17) is 0 Å². The summed E-state index contributed by atoms with van der Waals surface area (Å²) in [7, 11) is 0. The maximum Gasteiger partial charge on any atom is 0.185 e. The van der Waals surface area contributed by atoms with Gasteiger partial charge in [-0.05, 0) is 23.0 Å². The Labute approximate surface area is 127 Å². The summed E-state index contributed by atoms with van der Waals surface area (Å²) in [6.07, 6.45) is 0.758. The Morgan fingerprint density at radius 2 is 1.70 bits per heavy atom. The van der Waals surface area contributed by atoms with Crippen molar-refractivity contribution < 1.29 is 4.79 Å². The molecule has 0 saturated heterocycles. The molecule has 0 heterocycles. The summed E-state index contributed by atoms with van der Waals surface area (Å²) in [6.45, 7) is 10.4. The van der Waals surface area contributed by atoms with Crippen LogP contribution in [0.2, 0.25) is 0 Å². The third-order valence-corrected chi connectivity index (χ3v) is 3.93. The van der Waals surface area contributed by atoms with Crippen molar-refractivity contribution in [3.63, 3.8) is 0 Å². The number of hydrogen-bond donors (Lipinski definition) is 0. The van der Waals surface area contributed by atoms with Gasteiger partial charge in [-0.15, -0.1) is 0 Å². The van der Waals surface area contributed by atoms with Crippen molar-refractivity contribution in [3.05, 3.63) is 34.9 Å². The van der Waals surface area contributed by atoms with E-state index in [0.717, 1.165) is 12.2 Å². The van der Waals surface area contributed by atoms with Gasteiger partial charge in [-0.1, -0.05) is 69.5 Å². The zero-order chi connectivity index (χ0) is 15.1. The van der Waals surface area contributed by atoms with Crippen LogP contribution in [0.4, 0.5) is 0 Å². The van der Waals surface area contributed by atoms with E-state index in [1.54, 1.807) is 6.92 Å². The Balaban J connectivity index is 2.96. The predicted octanol–water partition coefficient (Wildman–Crippen LogP) is 4.95. The summed E-state index contributed by atoms with van der Waals surface area (Å²) >= 11 is 1.35. The summed E-state index contributed by atoms with van der Waals surface area (Å²) in [4.78, 5) is 10.9. The average Bonchev–Trinajstić information content (AvgIpc) is 2.37. The van der Waals surface area contributed by atoms with Gasteiger partial charge in [-0.2, -0.15) is 0 Å². The SMILES string of the molecule is CC(=O)SCCC#Cc1c(C(C)C)cccc1C(C)C. The number of carbonyl (C=O) groups excluding carboxylic acids is 1. The van der Waals surface area contributed by atoms with Crippen molar-refractivity contribution in [2.45, 2.75) is 52.9 Å². The number of carbonyl (C=O) groups is 1. The molecule has 0 aliphatic carbocycles. The molecule has 2 heteroatoms. The van der Waals surface area contributed by atoms with Crippen LogP contribution in [-0.4, -0.2) is 10.9 Å². The average molecular weight is 288 g/mol. The van der Waals surface area contributed by atoms with Crippen molar-refractivity contribution in [2.75, 3.05) is 5.75 Å². The second-order valence-electron chi connectivity index (χ2n) is 5.51. The first-order chi connectivity index (χ1) is 9.43. The monoisotopic (exact) mass is 288 g/mol. The second-order valence-corrected chi connectivity index (χ2v) is 6.78. The summed E-state index contributed by atoms with van der Waals surface area (Å²) in [5.41, 5.74) is 3.83. The maximum atomic E-state index is 10.9. The van der Waals surface area contributed by atoms with Gasteiger partial charge >= 0.3 is 0 Å². The Morgan fingerprint density at radius 1 is 1.15 bits per heavy atom. The minimum absolute atomic E-state index is 0.164. The number of hydrogen-bond acceptors (Lipinski definition) is 2. The molecule has 0 fully saturated rings. The predicted molar refractivity (Wildman–Crippen MR) is 89.3 cm³/mol. The number of thioether (sulfide) groups is 1. The fourth-order valence-corrected chi connectivity index (χ4v) is 2.58. The first kappa shape index (κ1) is 16.9. The fourth-order valence-electron chi connectivity index (χ4n) is 2.09. The lowest BCUT2D eigenvalue weighted by Crippen LogP contribution is -2.00. The van der Waals surface area contributed by atoms with Crippen molar-refractivity contribution >= 4 is 16.9 Å². The zero-order valence-corrected chi connectivity index (χ0v) is 13.9. The van der Waals surface area contributed by atoms with Crippen LogP contribution >= 0.6 is 11.8 Å². The van der Waals surface area contributed by atoms with E-state index in [0.29, 0.717) is 11.8 Å². The Morgan fingerprint density at radius 3 is 2.15 bits per heavy atom. The molecule has 0 aromatic heterocycles. The first-order valence-corrected chi connectivity index (χ1v) is 8.17. The highest BCUT2D eigenvalue weighted by molar-refractivity contribution is 8.13. The molecule has 0 amide bonds. The number of benzene rings is 1. The molecular weight excluding hydrogens is 264 g/mol. The molecule has 0 aliphatic rings. The molecule has 20 heavy (non-hydrogen) atoms. The van der Waals surface area contributed by atoms with Gasteiger partial charge in [0.1, 0.15) is 0 Å². The van der Waals surface area contributed by atoms with Crippen LogP contribution in [0, 0.1) is 11.8 Å². The third kappa shape index (κ3) is 5.06. The molecule has 0 atom stereocenters.